The van der Waals surface area contributed by atoms with E-state index in [-0.39, 0.29) is 0 Å². The van der Waals surface area contributed by atoms with Crippen LogP contribution >= 0.6 is 0 Å². The number of nitrogens with one attached hydrogen (secondary N) is 2. The van der Waals surface area contributed by atoms with E-state index in [1.165, 1.54) is 13.0 Å². The second-order valence-electron chi connectivity index (χ2n) is 4.10. The van der Waals surface area contributed by atoms with Crippen LogP contribution in [0.25, 0.3) is 0 Å². The van der Waals surface area contributed by atoms with Crippen molar-refractivity contribution in [3.63, 3.8) is 0 Å². The lowest BCUT2D eigenvalue weighted by atomic mass is 10.3. The Morgan fingerprint density at radius 2 is 2.12 bits per heavy atom. The van der Waals surface area contributed by atoms with Gasteiger partial charge in [-0.05, 0) is 45.6 Å². The molecular weight excluding hydrogens is 200 g/mol. The monoisotopic (exact) mass is 224 g/mol. The van der Waals surface area contributed by atoms with E-state index < -0.39 is 0 Å². The quantitative estimate of drug-likeness (QED) is 0.658. The molecule has 0 aromatic carbocycles. The molecule has 1 rings (SSSR count). The number of aromatic nitrogens is 2. The lowest BCUT2D eigenvalue weighted by Gasteiger charge is -2.17. The van der Waals surface area contributed by atoms with E-state index >= 15 is 0 Å². The standard InChI is InChI=1S/C12H24N4/c1-4-16(5-2)8-6-7-13-10-12-9-11(3)14-15-12/h9,13H,4-8,10H2,1-3H3,(H,14,15). The highest BCUT2D eigenvalue weighted by atomic mass is 15.1. The minimum atomic E-state index is 0.864. The van der Waals surface area contributed by atoms with Gasteiger partial charge in [-0.25, -0.2) is 0 Å². The van der Waals surface area contributed by atoms with Gasteiger partial charge in [0.2, 0.25) is 0 Å². The van der Waals surface area contributed by atoms with Crippen LogP contribution in [0.5, 0.6) is 0 Å². The fourth-order valence-corrected chi connectivity index (χ4v) is 1.75. The van der Waals surface area contributed by atoms with Crippen molar-refractivity contribution in [2.75, 3.05) is 26.2 Å². The van der Waals surface area contributed by atoms with Crippen molar-refractivity contribution in [2.24, 2.45) is 0 Å². The van der Waals surface area contributed by atoms with Gasteiger partial charge in [0, 0.05) is 12.2 Å². The third kappa shape index (κ3) is 4.77. The summed E-state index contributed by atoms with van der Waals surface area (Å²) in [7, 11) is 0. The first-order valence-electron chi connectivity index (χ1n) is 6.20. The van der Waals surface area contributed by atoms with E-state index in [4.69, 9.17) is 0 Å². The Morgan fingerprint density at radius 1 is 1.38 bits per heavy atom. The Balaban J connectivity index is 2.04. The van der Waals surface area contributed by atoms with Crippen LogP contribution in [0.2, 0.25) is 0 Å². The van der Waals surface area contributed by atoms with Crippen LogP contribution in [0.4, 0.5) is 0 Å². The largest absolute Gasteiger partial charge is 0.311 e. The first kappa shape index (κ1) is 13.2. The van der Waals surface area contributed by atoms with Crippen molar-refractivity contribution in [1.29, 1.82) is 0 Å². The molecule has 4 nitrogen and oxygen atoms in total. The van der Waals surface area contributed by atoms with Gasteiger partial charge in [-0.15, -0.1) is 0 Å². The van der Waals surface area contributed by atoms with Crippen LogP contribution in [-0.4, -0.2) is 41.3 Å². The van der Waals surface area contributed by atoms with Gasteiger partial charge in [0.05, 0.1) is 5.69 Å². The smallest absolute Gasteiger partial charge is 0.0762 e. The van der Waals surface area contributed by atoms with Crippen LogP contribution in [0, 0.1) is 6.92 Å². The lowest BCUT2D eigenvalue weighted by molar-refractivity contribution is 0.298. The van der Waals surface area contributed by atoms with Crippen molar-refractivity contribution >= 4 is 0 Å². The molecule has 2 N–H and O–H groups in total. The highest BCUT2D eigenvalue weighted by Gasteiger charge is 1.99. The molecular formula is C12H24N4. The molecule has 16 heavy (non-hydrogen) atoms. The summed E-state index contributed by atoms with van der Waals surface area (Å²) in [5.74, 6) is 0. The van der Waals surface area contributed by atoms with E-state index in [0.29, 0.717) is 0 Å². The molecule has 0 aliphatic carbocycles. The highest BCUT2D eigenvalue weighted by molar-refractivity contribution is 5.05. The minimum Gasteiger partial charge on any atom is -0.311 e. The molecule has 0 saturated carbocycles. The van der Waals surface area contributed by atoms with E-state index in [9.17, 15) is 0 Å². The highest BCUT2D eigenvalue weighted by Crippen LogP contribution is 1.96. The maximum Gasteiger partial charge on any atom is 0.0762 e. The van der Waals surface area contributed by atoms with Gasteiger partial charge in [0.1, 0.15) is 0 Å². The number of hydrogen-bond donors (Lipinski definition) is 2. The van der Waals surface area contributed by atoms with E-state index in [0.717, 1.165) is 37.6 Å². The summed E-state index contributed by atoms with van der Waals surface area (Å²) in [5.41, 5.74) is 2.22. The van der Waals surface area contributed by atoms with Gasteiger partial charge in [0.15, 0.2) is 0 Å². The van der Waals surface area contributed by atoms with Gasteiger partial charge >= 0.3 is 0 Å². The maximum atomic E-state index is 4.18. The average molecular weight is 224 g/mol. The molecule has 0 amide bonds. The number of rotatable bonds is 8. The van der Waals surface area contributed by atoms with Crippen LogP contribution in [0.15, 0.2) is 6.07 Å². The second kappa shape index (κ2) is 7.41. The molecule has 0 atom stereocenters. The average Bonchev–Trinajstić information content (AvgIpc) is 2.70. The van der Waals surface area contributed by atoms with Gasteiger partial charge in [-0.3, -0.25) is 5.10 Å². The topological polar surface area (TPSA) is 44.0 Å². The third-order valence-corrected chi connectivity index (χ3v) is 2.79. The van der Waals surface area contributed by atoms with Crippen molar-refractivity contribution in [2.45, 2.75) is 33.7 Å². The summed E-state index contributed by atoms with van der Waals surface area (Å²) >= 11 is 0. The predicted octanol–water partition coefficient (Wildman–Crippen LogP) is 1.54. The Morgan fingerprint density at radius 3 is 2.69 bits per heavy atom. The van der Waals surface area contributed by atoms with E-state index in [1.54, 1.807) is 0 Å². The molecule has 0 aliphatic heterocycles. The van der Waals surface area contributed by atoms with Gasteiger partial charge < -0.3 is 10.2 Å². The van der Waals surface area contributed by atoms with E-state index in [2.05, 4.69) is 40.3 Å². The molecule has 0 fully saturated rings. The lowest BCUT2D eigenvalue weighted by Crippen LogP contribution is -2.27. The molecule has 4 heteroatoms. The third-order valence-electron chi connectivity index (χ3n) is 2.79. The second-order valence-corrected chi connectivity index (χ2v) is 4.10. The SMILES string of the molecule is CCN(CC)CCCNCc1cc(C)[nH]n1. The van der Waals surface area contributed by atoms with Crippen molar-refractivity contribution < 1.29 is 0 Å². The summed E-state index contributed by atoms with van der Waals surface area (Å²) in [6.07, 6.45) is 1.20. The molecule has 0 saturated heterocycles. The zero-order valence-corrected chi connectivity index (χ0v) is 10.7. The molecule has 0 spiro atoms. The van der Waals surface area contributed by atoms with Crippen LogP contribution in [0.3, 0.4) is 0 Å². The summed E-state index contributed by atoms with van der Waals surface area (Å²) in [6, 6.07) is 2.08. The zero-order valence-electron chi connectivity index (χ0n) is 10.7. The van der Waals surface area contributed by atoms with Crippen molar-refractivity contribution in [3.05, 3.63) is 17.5 Å². The first-order valence-corrected chi connectivity index (χ1v) is 6.20. The van der Waals surface area contributed by atoms with Gasteiger partial charge in [-0.2, -0.15) is 5.10 Å². The summed E-state index contributed by atoms with van der Waals surface area (Å²) in [6.45, 7) is 11.8. The fraction of sp³-hybridized carbons (Fsp3) is 0.750. The summed E-state index contributed by atoms with van der Waals surface area (Å²) in [5, 5.41) is 10.5. The van der Waals surface area contributed by atoms with Crippen LogP contribution in [-0.2, 0) is 6.54 Å². The number of H-pyrrole nitrogens is 1. The van der Waals surface area contributed by atoms with Crippen molar-refractivity contribution in [1.82, 2.24) is 20.4 Å². The Kier molecular flexibility index (Phi) is 6.11. The number of aromatic amines is 1. The van der Waals surface area contributed by atoms with Crippen molar-refractivity contribution in [3.8, 4) is 0 Å². The number of nitrogens with zero attached hydrogens (tertiary/aromatic N) is 2. The Hall–Kier alpha value is -0.870. The molecule has 0 radical (unpaired) electrons. The summed E-state index contributed by atoms with van der Waals surface area (Å²) in [4.78, 5) is 2.44. The summed E-state index contributed by atoms with van der Waals surface area (Å²) < 4.78 is 0. The molecule has 1 aromatic rings. The van der Waals surface area contributed by atoms with Crippen LogP contribution < -0.4 is 5.32 Å². The Bertz CT molecular complexity index is 278. The Labute approximate surface area is 98.4 Å². The normalized spacial score (nSPS) is 11.2. The maximum absolute atomic E-state index is 4.18. The van der Waals surface area contributed by atoms with Crippen LogP contribution in [0.1, 0.15) is 31.7 Å². The first-order chi connectivity index (χ1) is 7.76. The number of hydrogen-bond acceptors (Lipinski definition) is 3. The molecule has 0 unspecified atom stereocenters. The predicted molar refractivity (Wildman–Crippen MR) is 67.4 cm³/mol. The molecule has 1 aromatic heterocycles. The van der Waals surface area contributed by atoms with E-state index in [1.807, 2.05) is 6.92 Å². The van der Waals surface area contributed by atoms with Gasteiger partial charge in [-0.1, -0.05) is 13.8 Å². The molecule has 0 aliphatic rings. The number of aryl methyl sites for hydroxylation is 1. The molecule has 1 heterocycles. The minimum absolute atomic E-state index is 0.864. The molecule has 0 bridgehead atoms. The fourth-order valence-electron chi connectivity index (χ4n) is 1.75. The molecule has 92 valence electrons. The zero-order chi connectivity index (χ0) is 11.8. The van der Waals surface area contributed by atoms with Gasteiger partial charge in [0.25, 0.3) is 0 Å².